The average molecular weight is 413 g/mol. The number of hydrogen-bond acceptors (Lipinski definition) is 3. The third-order valence-electron chi connectivity index (χ3n) is 5.31. The van der Waals surface area contributed by atoms with E-state index in [2.05, 4.69) is 4.90 Å². The Bertz CT molecular complexity index is 665. The van der Waals surface area contributed by atoms with Crippen molar-refractivity contribution in [2.45, 2.75) is 45.8 Å². The zero-order chi connectivity index (χ0) is 21.4. The molecule has 1 fully saturated rings. The van der Waals surface area contributed by atoms with Gasteiger partial charge in [-0.25, -0.2) is 0 Å². The number of halogens is 3. The molecule has 0 atom stereocenters. The van der Waals surface area contributed by atoms with E-state index in [4.69, 9.17) is 0 Å². The number of benzene rings is 1. The molecule has 0 N–H and O–H groups in total. The fourth-order valence-corrected chi connectivity index (χ4v) is 3.50. The summed E-state index contributed by atoms with van der Waals surface area (Å²) in [6.45, 7) is 8.39. The Morgan fingerprint density at radius 3 is 2.07 bits per heavy atom. The van der Waals surface area contributed by atoms with Crippen LogP contribution < -0.4 is 0 Å². The average Bonchev–Trinajstić information content (AvgIpc) is 2.69. The molecule has 2 amide bonds. The van der Waals surface area contributed by atoms with E-state index in [1.54, 1.807) is 4.90 Å². The fourth-order valence-electron chi connectivity index (χ4n) is 3.50. The molecule has 0 bridgehead atoms. The standard InChI is InChI=1S/C21H30F3N3O2/c1-3-26(4-2)19(28)6-5-7-20(29)27-14-12-25(13-15-27)16-17-8-10-18(11-9-17)21(22,23)24/h8-11H,3-7,12-16H2,1-2H3. The van der Waals surface area contributed by atoms with Gasteiger partial charge in [-0.05, 0) is 38.0 Å². The van der Waals surface area contributed by atoms with Crippen LogP contribution in [0.15, 0.2) is 24.3 Å². The van der Waals surface area contributed by atoms with Crippen LogP contribution in [-0.4, -0.2) is 65.8 Å². The largest absolute Gasteiger partial charge is 0.416 e. The minimum absolute atomic E-state index is 0.0616. The van der Waals surface area contributed by atoms with Crippen molar-refractivity contribution in [1.82, 2.24) is 14.7 Å². The first-order valence-corrected chi connectivity index (χ1v) is 10.2. The van der Waals surface area contributed by atoms with Gasteiger partial charge in [-0.15, -0.1) is 0 Å². The van der Waals surface area contributed by atoms with Gasteiger partial charge in [0.05, 0.1) is 5.56 Å². The van der Waals surface area contributed by atoms with Crippen molar-refractivity contribution in [3.05, 3.63) is 35.4 Å². The quantitative estimate of drug-likeness (QED) is 0.656. The van der Waals surface area contributed by atoms with Gasteiger partial charge in [0.15, 0.2) is 0 Å². The van der Waals surface area contributed by atoms with Gasteiger partial charge in [0.1, 0.15) is 0 Å². The summed E-state index contributed by atoms with van der Waals surface area (Å²) in [5.74, 6) is 0.149. The van der Waals surface area contributed by atoms with Crippen LogP contribution in [0.1, 0.15) is 44.2 Å². The van der Waals surface area contributed by atoms with Gasteiger partial charge in [-0.3, -0.25) is 14.5 Å². The van der Waals surface area contributed by atoms with Crippen LogP contribution in [0.4, 0.5) is 13.2 Å². The second kappa shape index (κ2) is 10.6. The Labute approximate surface area is 170 Å². The van der Waals surface area contributed by atoms with Crippen molar-refractivity contribution >= 4 is 11.8 Å². The summed E-state index contributed by atoms with van der Waals surface area (Å²) in [6, 6.07) is 5.23. The second-order valence-corrected chi connectivity index (χ2v) is 7.27. The fraction of sp³-hybridized carbons (Fsp3) is 0.619. The molecular weight excluding hydrogens is 383 g/mol. The SMILES string of the molecule is CCN(CC)C(=O)CCCC(=O)N1CCN(Cc2ccc(C(F)(F)F)cc2)CC1. The molecule has 29 heavy (non-hydrogen) atoms. The molecule has 8 heteroatoms. The highest BCUT2D eigenvalue weighted by atomic mass is 19.4. The molecule has 162 valence electrons. The zero-order valence-electron chi connectivity index (χ0n) is 17.2. The minimum Gasteiger partial charge on any atom is -0.343 e. The number of piperazine rings is 1. The highest BCUT2D eigenvalue weighted by Crippen LogP contribution is 2.29. The van der Waals surface area contributed by atoms with E-state index in [-0.39, 0.29) is 11.8 Å². The van der Waals surface area contributed by atoms with Crippen molar-refractivity contribution in [2.24, 2.45) is 0 Å². The first-order chi connectivity index (χ1) is 13.7. The predicted molar refractivity (Wildman–Crippen MR) is 105 cm³/mol. The molecule has 1 aromatic carbocycles. The lowest BCUT2D eigenvalue weighted by Crippen LogP contribution is -2.48. The molecular formula is C21H30F3N3O2. The number of carbonyl (C=O) groups excluding carboxylic acids is 2. The van der Waals surface area contributed by atoms with Crippen LogP contribution in [0.2, 0.25) is 0 Å². The highest BCUT2D eigenvalue weighted by Gasteiger charge is 2.30. The van der Waals surface area contributed by atoms with Crippen LogP contribution in [-0.2, 0) is 22.3 Å². The van der Waals surface area contributed by atoms with Gasteiger partial charge in [-0.2, -0.15) is 13.2 Å². The molecule has 0 saturated carbocycles. The maximum absolute atomic E-state index is 12.6. The molecule has 1 aromatic rings. The first kappa shape index (κ1) is 23.2. The van der Waals surface area contributed by atoms with Gasteiger partial charge >= 0.3 is 6.18 Å². The Morgan fingerprint density at radius 2 is 1.55 bits per heavy atom. The summed E-state index contributed by atoms with van der Waals surface area (Å²) >= 11 is 0. The van der Waals surface area contributed by atoms with Crippen molar-refractivity contribution in [3.8, 4) is 0 Å². The van der Waals surface area contributed by atoms with Crippen LogP contribution in [0, 0.1) is 0 Å². The van der Waals surface area contributed by atoms with Crippen molar-refractivity contribution in [2.75, 3.05) is 39.3 Å². The van der Waals surface area contributed by atoms with Gasteiger partial charge in [0, 0.05) is 58.7 Å². The van der Waals surface area contributed by atoms with Crippen molar-refractivity contribution < 1.29 is 22.8 Å². The number of alkyl halides is 3. The lowest BCUT2D eigenvalue weighted by atomic mass is 10.1. The Balaban J connectivity index is 1.71. The number of amides is 2. The molecule has 0 unspecified atom stereocenters. The van der Waals surface area contributed by atoms with E-state index in [0.29, 0.717) is 65.1 Å². The van der Waals surface area contributed by atoms with E-state index < -0.39 is 11.7 Å². The smallest absolute Gasteiger partial charge is 0.343 e. The van der Waals surface area contributed by atoms with E-state index in [1.165, 1.54) is 12.1 Å². The van der Waals surface area contributed by atoms with Crippen molar-refractivity contribution in [3.63, 3.8) is 0 Å². The molecule has 1 saturated heterocycles. The molecule has 0 spiro atoms. The Kier molecular flexibility index (Phi) is 8.49. The summed E-state index contributed by atoms with van der Waals surface area (Å²) in [6.07, 6.45) is -3.01. The summed E-state index contributed by atoms with van der Waals surface area (Å²) in [7, 11) is 0. The third-order valence-corrected chi connectivity index (χ3v) is 5.31. The van der Waals surface area contributed by atoms with Gasteiger partial charge in [-0.1, -0.05) is 12.1 Å². The lowest BCUT2D eigenvalue weighted by molar-refractivity contribution is -0.137. The molecule has 2 rings (SSSR count). The predicted octanol–water partition coefficient (Wildman–Crippen LogP) is 3.39. The lowest BCUT2D eigenvalue weighted by Gasteiger charge is -2.35. The number of carbonyl (C=O) groups is 2. The van der Waals surface area contributed by atoms with E-state index in [1.807, 2.05) is 18.7 Å². The molecule has 1 aliphatic heterocycles. The molecule has 0 radical (unpaired) electrons. The van der Waals surface area contributed by atoms with Gasteiger partial charge in [0.25, 0.3) is 0 Å². The van der Waals surface area contributed by atoms with Crippen LogP contribution in [0.3, 0.4) is 0 Å². The maximum atomic E-state index is 12.6. The summed E-state index contributed by atoms with van der Waals surface area (Å²) in [5.41, 5.74) is 0.184. The van der Waals surface area contributed by atoms with Gasteiger partial charge in [0.2, 0.25) is 11.8 Å². The number of rotatable bonds is 8. The van der Waals surface area contributed by atoms with Crippen LogP contribution in [0.25, 0.3) is 0 Å². The van der Waals surface area contributed by atoms with E-state index in [0.717, 1.165) is 17.7 Å². The summed E-state index contributed by atoms with van der Waals surface area (Å²) in [4.78, 5) is 30.1. The van der Waals surface area contributed by atoms with Gasteiger partial charge < -0.3 is 9.80 Å². The molecule has 0 aromatic heterocycles. The second-order valence-electron chi connectivity index (χ2n) is 7.27. The minimum atomic E-state index is -4.32. The van der Waals surface area contributed by atoms with E-state index >= 15 is 0 Å². The summed E-state index contributed by atoms with van der Waals surface area (Å²) in [5, 5.41) is 0. The topological polar surface area (TPSA) is 43.9 Å². The summed E-state index contributed by atoms with van der Waals surface area (Å²) < 4.78 is 37.9. The molecule has 0 aliphatic carbocycles. The molecule has 5 nitrogen and oxygen atoms in total. The van der Waals surface area contributed by atoms with Crippen LogP contribution >= 0.6 is 0 Å². The van der Waals surface area contributed by atoms with Crippen LogP contribution in [0.5, 0.6) is 0 Å². The maximum Gasteiger partial charge on any atom is 0.416 e. The van der Waals surface area contributed by atoms with Crippen molar-refractivity contribution in [1.29, 1.82) is 0 Å². The number of hydrogen-bond donors (Lipinski definition) is 0. The van der Waals surface area contributed by atoms with E-state index in [9.17, 15) is 22.8 Å². The molecule has 1 aliphatic rings. The third kappa shape index (κ3) is 7.03. The first-order valence-electron chi connectivity index (χ1n) is 10.2. The normalized spacial score (nSPS) is 15.4. The number of nitrogens with zero attached hydrogens (tertiary/aromatic N) is 3. The highest BCUT2D eigenvalue weighted by molar-refractivity contribution is 5.79. The monoisotopic (exact) mass is 413 g/mol. The molecule has 1 heterocycles. The Morgan fingerprint density at radius 1 is 0.966 bits per heavy atom. The Hall–Kier alpha value is -2.09. The zero-order valence-corrected chi connectivity index (χ0v) is 17.2.